The van der Waals surface area contributed by atoms with Crippen molar-refractivity contribution in [2.75, 3.05) is 13.1 Å². The first kappa shape index (κ1) is 17.8. The van der Waals surface area contributed by atoms with Crippen molar-refractivity contribution in [3.05, 3.63) is 0 Å². The first-order valence-corrected chi connectivity index (χ1v) is 8.61. The lowest BCUT2D eigenvalue weighted by atomic mass is 9.98. The molecule has 0 bridgehead atoms. The Bertz CT molecular complexity index is 327. The van der Waals surface area contributed by atoms with Crippen LogP contribution in [0.5, 0.6) is 0 Å². The Kier molecular flexibility index (Phi) is 8.87. The number of likely N-dealkylation sites (tertiary alicyclic amines) is 1. The molecule has 1 rings (SSSR count). The van der Waals surface area contributed by atoms with Crippen LogP contribution in [0.4, 0.5) is 0 Å². The average Bonchev–Trinajstić information content (AvgIpc) is 2.41. The Morgan fingerprint density at radius 2 is 1.90 bits per heavy atom. The Balaban J connectivity index is 2.17. The number of nitrogens with zero attached hydrogens (tertiary/aromatic N) is 2. The molecule has 122 valence electrons. The molecular weight excluding hydrogens is 262 g/mol. The molecule has 4 N–H and O–H groups in total. The van der Waals surface area contributed by atoms with E-state index in [9.17, 15) is 0 Å². The van der Waals surface area contributed by atoms with E-state index in [0.29, 0.717) is 18.0 Å². The quantitative estimate of drug-likeness (QED) is 0.347. The Hall–Kier alpha value is -1.26. The van der Waals surface area contributed by atoms with Crippen molar-refractivity contribution >= 4 is 11.9 Å². The minimum Gasteiger partial charge on any atom is -0.370 e. The lowest BCUT2D eigenvalue weighted by molar-refractivity contribution is 0.166. The van der Waals surface area contributed by atoms with Crippen molar-refractivity contribution in [3.8, 4) is 0 Å². The molecule has 1 saturated heterocycles. The van der Waals surface area contributed by atoms with Crippen molar-refractivity contribution in [2.24, 2.45) is 10.7 Å². The van der Waals surface area contributed by atoms with Crippen molar-refractivity contribution in [3.63, 3.8) is 0 Å². The minimum atomic E-state index is 0.386. The number of hydrogen-bond donors (Lipinski definition) is 3. The molecule has 0 radical (unpaired) electrons. The van der Waals surface area contributed by atoms with E-state index in [0.717, 1.165) is 19.5 Å². The van der Waals surface area contributed by atoms with Crippen LogP contribution in [-0.2, 0) is 0 Å². The molecular formula is C16H33N5. The largest absolute Gasteiger partial charge is 0.370 e. The van der Waals surface area contributed by atoms with Crippen LogP contribution in [0.2, 0.25) is 0 Å². The minimum absolute atomic E-state index is 0.386. The molecule has 5 nitrogen and oxygen atoms in total. The maximum Gasteiger partial charge on any atom is 0.198 e. The van der Waals surface area contributed by atoms with E-state index in [1.54, 1.807) is 0 Å². The van der Waals surface area contributed by atoms with Gasteiger partial charge < -0.3 is 10.6 Å². The SMILES string of the molecule is CCCCCCCN=C(N)NC(=N)N1CCC1CCCC. The lowest BCUT2D eigenvalue weighted by Crippen LogP contribution is -2.57. The third-order valence-corrected chi connectivity index (χ3v) is 4.11. The summed E-state index contributed by atoms with van der Waals surface area (Å²) in [5, 5.41) is 11.0. The van der Waals surface area contributed by atoms with Crippen molar-refractivity contribution in [1.29, 1.82) is 5.41 Å². The normalized spacial score (nSPS) is 18.5. The first-order valence-electron chi connectivity index (χ1n) is 8.61. The molecule has 1 heterocycles. The van der Waals surface area contributed by atoms with Gasteiger partial charge in [-0.25, -0.2) is 0 Å². The highest BCUT2D eigenvalue weighted by Gasteiger charge is 2.29. The second-order valence-electron chi connectivity index (χ2n) is 5.93. The van der Waals surface area contributed by atoms with Gasteiger partial charge in [0.05, 0.1) is 0 Å². The second-order valence-corrected chi connectivity index (χ2v) is 5.93. The second kappa shape index (κ2) is 10.5. The highest BCUT2D eigenvalue weighted by molar-refractivity contribution is 5.96. The fraction of sp³-hybridized carbons (Fsp3) is 0.875. The molecule has 0 saturated carbocycles. The molecule has 5 heteroatoms. The maximum absolute atomic E-state index is 8.07. The van der Waals surface area contributed by atoms with E-state index in [-0.39, 0.29) is 0 Å². The van der Waals surface area contributed by atoms with Crippen LogP contribution >= 0.6 is 0 Å². The first-order chi connectivity index (χ1) is 10.2. The van der Waals surface area contributed by atoms with Crippen LogP contribution in [0.1, 0.15) is 71.6 Å². The Morgan fingerprint density at radius 3 is 2.52 bits per heavy atom. The smallest absolute Gasteiger partial charge is 0.198 e. The summed E-state index contributed by atoms with van der Waals surface area (Å²) in [6.07, 6.45) is 11.0. The van der Waals surface area contributed by atoms with Gasteiger partial charge in [0.1, 0.15) is 0 Å². The summed E-state index contributed by atoms with van der Waals surface area (Å²) < 4.78 is 0. The van der Waals surface area contributed by atoms with Crippen LogP contribution in [0, 0.1) is 5.41 Å². The van der Waals surface area contributed by atoms with Crippen LogP contribution in [-0.4, -0.2) is 36.0 Å². The van der Waals surface area contributed by atoms with Crippen LogP contribution in [0.3, 0.4) is 0 Å². The summed E-state index contributed by atoms with van der Waals surface area (Å²) in [5.41, 5.74) is 5.85. The van der Waals surface area contributed by atoms with Gasteiger partial charge in [0, 0.05) is 19.1 Å². The predicted molar refractivity (Wildman–Crippen MR) is 90.7 cm³/mol. The van der Waals surface area contributed by atoms with Gasteiger partial charge in [-0.3, -0.25) is 15.7 Å². The van der Waals surface area contributed by atoms with E-state index < -0.39 is 0 Å². The molecule has 0 aromatic rings. The van der Waals surface area contributed by atoms with E-state index in [4.69, 9.17) is 11.1 Å². The number of guanidine groups is 2. The van der Waals surface area contributed by atoms with Gasteiger partial charge in [-0.2, -0.15) is 0 Å². The summed E-state index contributed by atoms with van der Waals surface area (Å²) in [7, 11) is 0. The lowest BCUT2D eigenvalue weighted by Gasteiger charge is -2.42. The predicted octanol–water partition coefficient (Wildman–Crippen LogP) is 3.06. The zero-order chi connectivity index (χ0) is 15.5. The third kappa shape index (κ3) is 6.82. The number of aliphatic imine (C=N–C) groups is 1. The van der Waals surface area contributed by atoms with Crippen LogP contribution in [0.25, 0.3) is 0 Å². The molecule has 0 aliphatic carbocycles. The van der Waals surface area contributed by atoms with E-state index in [1.165, 1.54) is 51.4 Å². The molecule has 1 aliphatic rings. The van der Waals surface area contributed by atoms with Gasteiger partial charge in [0.25, 0.3) is 0 Å². The molecule has 0 spiro atoms. The summed E-state index contributed by atoms with van der Waals surface area (Å²) in [4.78, 5) is 6.40. The van der Waals surface area contributed by atoms with Gasteiger partial charge in [0.2, 0.25) is 0 Å². The summed E-state index contributed by atoms with van der Waals surface area (Å²) in [6, 6.07) is 0.520. The monoisotopic (exact) mass is 295 g/mol. The Morgan fingerprint density at radius 1 is 1.19 bits per heavy atom. The Labute approximate surface area is 129 Å². The van der Waals surface area contributed by atoms with E-state index >= 15 is 0 Å². The van der Waals surface area contributed by atoms with Gasteiger partial charge >= 0.3 is 0 Å². The van der Waals surface area contributed by atoms with Crippen LogP contribution in [0.15, 0.2) is 4.99 Å². The number of nitrogens with one attached hydrogen (secondary N) is 2. The van der Waals surface area contributed by atoms with E-state index in [2.05, 4.69) is 29.1 Å². The zero-order valence-electron chi connectivity index (χ0n) is 13.8. The molecule has 0 aromatic carbocycles. The van der Waals surface area contributed by atoms with Gasteiger partial charge in [0.15, 0.2) is 11.9 Å². The van der Waals surface area contributed by atoms with Crippen LogP contribution < -0.4 is 11.1 Å². The van der Waals surface area contributed by atoms with Gasteiger partial charge in [-0.15, -0.1) is 0 Å². The highest BCUT2D eigenvalue weighted by Crippen LogP contribution is 2.21. The number of unbranched alkanes of at least 4 members (excludes halogenated alkanes) is 5. The molecule has 0 amide bonds. The van der Waals surface area contributed by atoms with Crippen molar-refractivity contribution in [2.45, 2.75) is 77.7 Å². The number of rotatable bonds is 9. The number of nitrogens with two attached hydrogens (primary N) is 1. The third-order valence-electron chi connectivity index (χ3n) is 4.11. The number of hydrogen-bond acceptors (Lipinski definition) is 2. The van der Waals surface area contributed by atoms with Gasteiger partial charge in [-0.1, -0.05) is 52.4 Å². The molecule has 1 unspecified atom stereocenters. The fourth-order valence-corrected chi connectivity index (χ4v) is 2.62. The topological polar surface area (TPSA) is 77.5 Å². The summed E-state index contributed by atoms with van der Waals surface area (Å²) >= 11 is 0. The summed E-state index contributed by atoms with van der Waals surface area (Å²) in [6.45, 7) is 6.15. The molecule has 1 atom stereocenters. The van der Waals surface area contributed by atoms with Gasteiger partial charge in [-0.05, 0) is 19.3 Å². The van der Waals surface area contributed by atoms with Crippen molar-refractivity contribution < 1.29 is 0 Å². The maximum atomic E-state index is 8.07. The fourth-order valence-electron chi connectivity index (χ4n) is 2.62. The standard InChI is InChI=1S/C16H33N5/c1-3-5-7-8-9-12-19-15(17)20-16(18)21-13-11-14(21)10-6-4-2/h14H,3-13H2,1-2H3,(H4,17,18,19,20). The zero-order valence-corrected chi connectivity index (χ0v) is 13.8. The summed E-state index contributed by atoms with van der Waals surface area (Å²) in [5.74, 6) is 0.797. The van der Waals surface area contributed by atoms with Crippen molar-refractivity contribution in [1.82, 2.24) is 10.2 Å². The highest BCUT2D eigenvalue weighted by atomic mass is 15.4. The van der Waals surface area contributed by atoms with E-state index in [1.807, 2.05) is 0 Å². The molecule has 21 heavy (non-hydrogen) atoms. The molecule has 1 aliphatic heterocycles. The average molecular weight is 295 g/mol. The molecule has 0 aromatic heterocycles. The molecule has 1 fully saturated rings.